The van der Waals surface area contributed by atoms with Crippen LogP contribution in [0.4, 0.5) is 0 Å². The van der Waals surface area contributed by atoms with Crippen LogP contribution in [0.1, 0.15) is 4.88 Å². The lowest BCUT2D eigenvalue weighted by molar-refractivity contribution is 1.11. The van der Waals surface area contributed by atoms with Gasteiger partial charge in [-0.2, -0.15) is 0 Å². The quantitative estimate of drug-likeness (QED) is 0.633. The Kier molecular flexibility index (Phi) is 5.20. The molecule has 0 unspecified atom stereocenters. The minimum atomic E-state index is 0.595. The first-order valence-corrected chi connectivity index (χ1v) is 3.82. The smallest absolute Gasteiger partial charge is 0.0931 e. The summed E-state index contributed by atoms with van der Waals surface area (Å²) in [6, 6.07) is 3.79. The molecule has 0 amide bonds. The van der Waals surface area contributed by atoms with E-state index in [0.29, 0.717) is 6.54 Å². The van der Waals surface area contributed by atoms with Crippen LogP contribution in [0.3, 0.4) is 0 Å². The Morgan fingerprint density at radius 3 is 2.40 bits per heavy atom. The second-order valence-electron chi connectivity index (χ2n) is 1.41. The average Bonchev–Trinajstić information content (AvgIpc) is 2.40. The van der Waals surface area contributed by atoms with E-state index >= 15 is 0 Å². The molecular weight excluding hydrogens is 168 g/mol. The summed E-state index contributed by atoms with van der Waals surface area (Å²) in [5.41, 5.74) is 5.31. The predicted molar refractivity (Wildman–Crippen MR) is 47.1 cm³/mol. The molecule has 0 aliphatic rings. The molecule has 0 atom stereocenters. The van der Waals surface area contributed by atoms with E-state index in [4.69, 9.17) is 22.7 Å². The Labute approximate surface area is 69.1 Å². The number of halogens is 1. The summed E-state index contributed by atoms with van der Waals surface area (Å²) in [5, 5.41) is 5.50. The third kappa shape index (κ3) is 2.96. The van der Waals surface area contributed by atoms with Crippen molar-refractivity contribution in [1.29, 1.82) is 5.41 Å². The van der Waals surface area contributed by atoms with Crippen molar-refractivity contribution >= 4 is 29.7 Å². The molecule has 3 N–H and O–H groups in total. The SMILES string of the molecule is C=N.NCc1ccc(Cl)s1. The highest BCUT2D eigenvalue weighted by Gasteiger charge is 1.91. The molecule has 0 aromatic carbocycles. The lowest BCUT2D eigenvalue weighted by atomic mass is 10.5. The molecule has 4 heteroatoms. The van der Waals surface area contributed by atoms with Gasteiger partial charge in [-0.05, 0) is 18.9 Å². The molecule has 0 saturated carbocycles. The summed E-state index contributed by atoms with van der Waals surface area (Å²) < 4.78 is 0.811. The van der Waals surface area contributed by atoms with E-state index in [1.165, 1.54) is 11.3 Å². The molecule has 1 rings (SSSR count). The van der Waals surface area contributed by atoms with Crippen LogP contribution in [0.2, 0.25) is 4.34 Å². The normalized spacial score (nSPS) is 8.20. The van der Waals surface area contributed by atoms with Crippen molar-refractivity contribution in [2.75, 3.05) is 0 Å². The molecule has 0 aliphatic heterocycles. The van der Waals surface area contributed by atoms with Gasteiger partial charge in [0.15, 0.2) is 0 Å². The van der Waals surface area contributed by atoms with Gasteiger partial charge in [-0.15, -0.1) is 11.3 Å². The van der Waals surface area contributed by atoms with Crippen LogP contribution in [0.25, 0.3) is 0 Å². The maximum absolute atomic E-state index is 5.60. The molecule has 0 radical (unpaired) electrons. The molecule has 1 aromatic heterocycles. The van der Waals surface area contributed by atoms with Crippen molar-refractivity contribution in [3.8, 4) is 0 Å². The average molecular weight is 177 g/mol. The molecule has 0 spiro atoms. The number of rotatable bonds is 1. The second kappa shape index (κ2) is 5.41. The fourth-order valence-corrected chi connectivity index (χ4v) is 1.43. The van der Waals surface area contributed by atoms with Crippen molar-refractivity contribution < 1.29 is 0 Å². The van der Waals surface area contributed by atoms with E-state index in [1.54, 1.807) is 0 Å². The summed E-state index contributed by atoms with van der Waals surface area (Å²) in [5.74, 6) is 0. The van der Waals surface area contributed by atoms with Gasteiger partial charge in [-0.25, -0.2) is 0 Å². The van der Waals surface area contributed by atoms with Gasteiger partial charge in [-0.1, -0.05) is 11.6 Å². The van der Waals surface area contributed by atoms with Crippen LogP contribution in [0.5, 0.6) is 0 Å². The van der Waals surface area contributed by atoms with Gasteiger partial charge in [0.2, 0.25) is 0 Å². The highest BCUT2D eigenvalue weighted by atomic mass is 35.5. The summed E-state index contributed by atoms with van der Waals surface area (Å²) in [6.07, 6.45) is 0. The van der Waals surface area contributed by atoms with Crippen LogP contribution in [-0.4, -0.2) is 6.72 Å². The molecular formula is C6H9ClN2S. The van der Waals surface area contributed by atoms with Gasteiger partial charge in [-0.3, -0.25) is 0 Å². The van der Waals surface area contributed by atoms with Crippen LogP contribution in [0, 0.1) is 5.41 Å². The van der Waals surface area contributed by atoms with Crippen LogP contribution < -0.4 is 5.73 Å². The minimum Gasteiger partial charge on any atom is -0.326 e. The Balaban J connectivity index is 0.000000371. The number of thiophene rings is 1. The Hall–Kier alpha value is -0.380. The molecule has 0 aliphatic carbocycles. The van der Waals surface area contributed by atoms with Crippen LogP contribution >= 0.6 is 22.9 Å². The van der Waals surface area contributed by atoms with Crippen molar-refractivity contribution in [2.24, 2.45) is 5.73 Å². The number of nitrogens with two attached hydrogens (primary N) is 1. The van der Waals surface area contributed by atoms with E-state index in [9.17, 15) is 0 Å². The molecule has 56 valence electrons. The maximum Gasteiger partial charge on any atom is 0.0931 e. The number of hydrogen-bond donors (Lipinski definition) is 2. The zero-order valence-corrected chi connectivity index (χ0v) is 7.00. The predicted octanol–water partition coefficient (Wildman–Crippen LogP) is 2.13. The Morgan fingerprint density at radius 2 is 2.20 bits per heavy atom. The third-order valence-corrected chi connectivity index (χ3v) is 2.08. The molecule has 0 fully saturated rings. The molecule has 1 aromatic rings. The molecule has 1 heterocycles. The lowest BCUT2D eigenvalue weighted by Gasteiger charge is -1.80. The van der Waals surface area contributed by atoms with Gasteiger partial charge in [0.25, 0.3) is 0 Å². The minimum absolute atomic E-state index is 0.595. The summed E-state index contributed by atoms with van der Waals surface area (Å²) in [4.78, 5) is 1.13. The largest absolute Gasteiger partial charge is 0.326 e. The van der Waals surface area contributed by atoms with Gasteiger partial charge in [0, 0.05) is 11.4 Å². The first kappa shape index (κ1) is 9.62. The number of nitrogens with one attached hydrogen (secondary N) is 1. The molecule has 0 saturated heterocycles. The lowest BCUT2D eigenvalue weighted by Crippen LogP contribution is -1.90. The van der Waals surface area contributed by atoms with E-state index in [0.717, 1.165) is 9.21 Å². The van der Waals surface area contributed by atoms with Gasteiger partial charge in [0.05, 0.1) is 4.34 Å². The fraction of sp³-hybridized carbons (Fsp3) is 0.167. The Morgan fingerprint density at radius 1 is 1.60 bits per heavy atom. The zero-order valence-electron chi connectivity index (χ0n) is 5.43. The summed E-state index contributed by atoms with van der Waals surface area (Å²) in [7, 11) is 0. The molecule has 10 heavy (non-hydrogen) atoms. The van der Waals surface area contributed by atoms with Crippen LogP contribution in [0.15, 0.2) is 12.1 Å². The highest BCUT2D eigenvalue weighted by molar-refractivity contribution is 7.16. The standard InChI is InChI=1S/C5H6ClNS.CH3N/c6-5-2-1-4(3-7)8-5;1-2/h1-2H,3,7H2;2H,1H2. The molecule has 2 nitrogen and oxygen atoms in total. The monoisotopic (exact) mass is 176 g/mol. The number of hydrogen-bond acceptors (Lipinski definition) is 3. The topological polar surface area (TPSA) is 49.9 Å². The van der Waals surface area contributed by atoms with Gasteiger partial charge in [0.1, 0.15) is 0 Å². The van der Waals surface area contributed by atoms with Gasteiger partial charge < -0.3 is 11.1 Å². The van der Waals surface area contributed by atoms with E-state index in [2.05, 4.69) is 6.72 Å². The molecule has 0 bridgehead atoms. The van der Waals surface area contributed by atoms with Crippen LogP contribution in [-0.2, 0) is 6.54 Å². The first-order valence-electron chi connectivity index (χ1n) is 2.62. The first-order chi connectivity index (χ1) is 4.83. The van der Waals surface area contributed by atoms with Crippen molar-refractivity contribution in [2.45, 2.75) is 6.54 Å². The maximum atomic E-state index is 5.60. The van der Waals surface area contributed by atoms with E-state index in [-0.39, 0.29) is 0 Å². The van der Waals surface area contributed by atoms with Crippen molar-refractivity contribution in [3.63, 3.8) is 0 Å². The van der Waals surface area contributed by atoms with E-state index < -0.39 is 0 Å². The fourth-order valence-electron chi connectivity index (χ4n) is 0.461. The summed E-state index contributed by atoms with van der Waals surface area (Å²) in [6.45, 7) is 3.09. The Bertz CT molecular complexity index is 188. The third-order valence-electron chi connectivity index (χ3n) is 0.830. The second-order valence-corrected chi connectivity index (χ2v) is 3.21. The van der Waals surface area contributed by atoms with E-state index in [1.807, 2.05) is 12.1 Å². The van der Waals surface area contributed by atoms with Crippen molar-refractivity contribution in [3.05, 3.63) is 21.3 Å². The van der Waals surface area contributed by atoms with Crippen molar-refractivity contribution in [1.82, 2.24) is 0 Å². The zero-order chi connectivity index (χ0) is 7.98. The van der Waals surface area contributed by atoms with Gasteiger partial charge >= 0.3 is 0 Å². The summed E-state index contributed by atoms with van der Waals surface area (Å²) >= 11 is 7.13. The highest BCUT2D eigenvalue weighted by Crippen LogP contribution is 2.20.